The summed E-state index contributed by atoms with van der Waals surface area (Å²) in [5.41, 5.74) is 10.6. The molecule has 0 fully saturated rings. The van der Waals surface area contributed by atoms with Crippen LogP contribution in [-0.4, -0.2) is 16.9 Å². The van der Waals surface area contributed by atoms with Crippen molar-refractivity contribution in [1.82, 2.24) is 9.88 Å². The number of pyridine rings is 1. The van der Waals surface area contributed by atoms with Crippen molar-refractivity contribution in [2.45, 2.75) is 33.0 Å². The summed E-state index contributed by atoms with van der Waals surface area (Å²) in [5, 5.41) is 0. The first-order chi connectivity index (χ1) is 9.71. The third-order valence-corrected chi connectivity index (χ3v) is 3.43. The number of aryl methyl sites for hydroxylation is 1. The van der Waals surface area contributed by atoms with Crippen LogP contribution in [0.3, 0.4) is 0 Å². The van der Waals surface area contributed by atoms with E-state index in [1.54, 1.807) is 0 Å². The predicted molar refractivity (Wildman–Crippen MR) is 83.1 cm³/mol. The summed E-state index contributed by atoms with van der Waals surface area (Å²) in [6.45, 7) is 4.53. The van der Waals surface area contributed by atoms with E-state index in [0.717, 1.165) is 25.2 Å². The highest BCUT2D eigenvalue weighted by atomic mass is 15.1. The fourth-order valence-electron chi connectivity index (χ4n) is 2.30. The average molecular weight is 269 g/mol. The van der Waals surface area contributed by atoms with E-state index in [9.17, 15) is 0 Å². The minimum absolute atomic E-state index is 0.496. The van der Waals surface area contributed by atoms with E-state index in [1.165, 1.54) is 16.7 Å². The summed E-state index contributed by atoms with van der Waals surface area (Å²) in [7, 11) is 2.14. The van der Waals surface area contributed by atoms with Crippen LogP contribution >= 0.6 is 0 Å². The van der Waals surface area contributed by atoms with Crippen LogP contribution in [0.4, 0.5) is 0 Å². The molecule has 2 rings (SSSR count). The summed E-state index contributed by atoms with van der Waals surface area (Å²) >= 11 is 0. The van der Waals surface area contributed by atoms with Gasteiger partial charge in [-0.15, -0.1) is 0 Å². The number of aromatic nitrogens is 1. The molecule has 0 unspecified atom stereocenters. The second-order valence-corrected chi connectivity index (χ2v) is 5.20. The molecule has 3 heteroatoms. The Bertz CT molecular complexity index is 534. The molecule has 0 saturated carbocycles. The Morgan fingerprint density at radius 3 is 2.30 bits per heavy atom. The average Bonchev–Trinajstić information content (AvgIpc) is 2.48. The van der Waals surface area contributed by atoms with Gasteiger partial charge in [0.1, 0.15) is 0 Å². The van der Waals surface area contributed by atoms with Gasteiger partial charge >= 0.3 is 0 Å². The third kappa shape index (κ3) is 4.15. The molecule has 0 radical (unpaired) electrons. The molecule has 106 valence electrons. The van der Waals surface area contributed by atoms with Crippen molar-refractivity contribution >= 4 is 0 Å². The second kappa shape index (κ2) is 7.17. The van der Waals surface area contributed by atoms with Gasteiger partial charge < -0.3 is 5.73 Å². The number of hydrogen-bond donors (Lipinski definition) is 1. The Balaban J connectivity index is 1.95. The van der Waals surface area contributed by atoms with Gasteiger partial charge in [0, 0.05) is 25.8 Å². The maximum Gasteiger partial charge on any atom is 0.0542 e. The summed E-state index contributed by atoms with van der Waals surface area (Å²) < 4.78 is 0. The van der Waals surface area contributed by atoms with Crippen LogP contribution in [0.25, 0.3) is 0 Å². The lowest BCUT2D eigenvalue weighted by Crippen LogP contribution is -2.17. The van der Waals surface area contributed by atoms with Gasteiger partial charge in [-0.1, -0.05) is 31.2 Å². The minimum atomic E-state index is 0.496. The van der Waals surface area contributed by atoms with Gasteiger partial charge in [0.2, 0.25) is 0 Å². The number of hydrogen-bond acceptors (Lipinski definition) is 3. The number of nitrogens with zero attached hydrogens (tertiary/aromatic N) is 2. The lowest BCUT2D eigenvalue weighted by atomic mass is 10.1. The molecule has 0 saturated heterocycles. The van der Waals surface area contributed by atoms with Gasteiger partial charge in [-0.2, -0.15) is 0 Å². The highest BCUT2D eigenvalue weighted by Gasteiger charge is 2.03. The highest BCUT2D eigenvalue weighted by Crippen LogP contribution is 2.10. The van der Waals surface area contributed by atoms with Crippen molar-refractivity contribution in [2.75, 3.05) is 7.05 Å². The summed E-state index contributed by atoms with van der Waals surface area (Å²) in [5.74, 6) is 0. The molecule has 2 N–H and O–H groups in total. The Morgan fingerprint density at radius 2 is 1.65 bits per heavy atom. The molecule has 3 nitrogen and oxygen atoms in total. The molecule has 0 bridgehead atoms. The van der Waals surface area contributed by atoms with Crippen LogP contribution in [0.15, 0.2) is 42.6 Å². The Morgan fingerprint density at radius 1 is 1.00 bits per heavy atom. The van der Waals surface area contributed by atoms with Crippen molar-refractivity contribution < 1.29 is 0 Å². The molecular weight excluding hydrogens is 246 g/mol. The van der Waals surface area contributed by atoms with E-state index >= 15 is 0 Å². The van der Waals surface area contributed by atoms with E-state index in [4.69, 9.17) is 5.73 Å². The molecule has 1 heterocycles. The zero-order valence-electron chi connectivity index (χ0n) is 12.3. The van der Waals surface area contributed by atoms with Crippen molar-refractivity contribution in [3.63, 3.8) is 0 Å². The van der Waals surface area contributed by atoms with Crippen LogP contribution in [0.1, 0.15) is 29.3 Å². The maximum absolute atomic E-state index is 5.62. The maximum atomic E-state index is 5.62. The largest absolute Gasteiger partial charge is 0.325 e. The fourth-order valence-corrected chi connectivity index (χ4v) is 2.30. The van der Waals surface area contributed by atoms with E-state index in [2.05, 4.69) is 60.3 Å². The monoisotopic (exact) mass is 269 g/mol. The van der Waals surface area contributed by atoms with E-state index in [0.29, 0.717) is 6.54 Å². The molecule has 2 aromatic rings. The molecule has 0 atom stereocenters. The summed E-state index contributed by atoms with van der Waals surface area (Å²) in [4.78, 5) is 6.53. The topological polar surface area (TPSA) is 42.2 Å². The highest BCUT2D eigenvalue weighted by molar-refractivity contribution is 5.22. The lowest BCUT2D eigenvalue weighted by Gasteiger charge is -2.17. The standard InChI is InChI=1S/C17H23N3/c1-3-14-4-6-15(7-5-14)12-20(2)13-16-8-9-19-17(10-16)11-18/h4-10H,3,11-13,18H2,1-2H3. The number of rotatable bonds is 6. The van der Waals surface area contributed by atoms with E-state index < -0.39 is 0 Å². The van der Waals surface area contributed by atoms with Crippen LogP contribution < -0.4 is 5.73 Å². The van der Waals surface area contributed by atoms with Crippen molar-refractivity contribution in [3.05, 3.63) is 65.0 Å². The molecular formula is C17H23N3. The zero-order valence-corrected chi connectivity index (χ0v) is 12.3. The van der Waals surface area contributed by atoms with E-state index in [1.807, 2.05) is 6.20 Å². The molecule has 0 aliphatic heterocycles. The van der Waals surface area contributed by atoms with Crippen LogP contribution in [-0.2, 0) is 26.1 Å². The van der Waals surface area contributed by atoms with Crippen molar-refractivity contribution in [2.24, 2.45) is 5.73 Å². The summed E-state index contributed by atoms with van der Waals surface area (Å²) in [6, 6.07) is 13.0. The predicted octanol–water partition coefficient (Wildman–Crippen LogP) is 2.73. The van der Waals surface area contributed by atoms with Gasteiger partial charge in [0.25, 0.3) is 0 Å². The SMILES string of the molecule is CCc1ccc(CN(C)Cc2ccnc(CN)c2)cc1. The first-order valence-corrected chi connectivity index (χ1v) is 7.11. The van der Waals surface area contributed by atoms with Crippen LogP contribution in [0, 0.1) is 0 Å². The first-order valence-electron chi connectivity index (χ1n) is 7.11. The normalized spacial score (nSPS) is 11.0. The van der Waals surface area contributed by atoms with Crippen molar-refractivity contribution in [3.8, 4) is 0 Å². The Labute approximate surface area is 121 Å². The molecule has 1 aromatic carbocycles. The van der Waals surface area contributed by atoms with Crippen LogP contribution in [0.5, 0.6) is 0 Å². The quantitative estimate of drug-likeness (QED) is 0.876. The molecule has 0 aliphatic rings. The molecule has 0 amide bonds. The Kier molecular flexibility index (Phi) is 5.27. The number of benzene rings is 1. The molecule has 0 aliphatic carbocycles. The molecule has 1 aromatic heterocycles. The Hall–Kier alpha value is -1.71. The van der Waals surface area contributed by atoms with Gasteiger partial charge in [-0.05, 0) is 42.3 Å². The van der Waals surface area contributed by atoms with Gasteiger partial charge in [0.05, 0.1) is 5.69 Å². The fraction of sp³-hybridized carbons (Fsp3) is 0.353. The summed E-state index contributed by atoms with van der Waals surface area (Å²) in [6.07, 6.45) is 2.93. The van der Waals surface area contributed by atoms with Crippen molar-refractivity contribution in [1.29, 1.82) is 0 Å². The van der Waals surface area contributed by atoms with Gasteiger partial charge in [-0.3, -0.25) is 9.88 Å². The lowest BCUT2D eigenvalue weighted by molar-refractivity contribution is 0.319. The van der Waals surface area contributed by atoms with E-state index in [-0.39, 0.29) is 0 Å². The zero-order chi connectivity index (χ0) is 14.4. The molecule has 20 heavy (non-hydrogen) atoms. The first kappa shape index (κ1) is 14.7. The third-order valence-electron chi connectivity index (χ3n) is 3.43. The number of nitrogens with two attached hydrogens (primary N) is 1. The molecule has 0 spiro atoms. The van der Waals surface area contributed by atoms with Gasteiger partial charge in [-0.25, -0.2) is 0 Å². The second-order valence-electron chi connectivity index (χ2n) is 5.20. The smallest absolute Gasteiger partial charge is 0.0542 e. The van der Waals surface area contributed by atoms with Crippen LogP contribution in [0.2, 0.25) is 0 Å². The van der Waals surface area contributed by atoms with Gasteiger partial charge in [0.15, 0.2) is 0 Å². The minimum Gasteiger partial charge on any atom is -0.325 e.